The van der Waals surface area contributed by atoms with Gasteiger partial charge in [0.2, 0.25) is 5.91 Å². The number of amides is 1. The van der Waals surface area contributed by atoms with Crippen molar-refractivity contribution in [3.05, 3.63) is 0 Å². The zero-order valence-corrected chi connectivity index (χ0v) is 10.0. The van der Waals surface area contributed by atoms with Crippen molar-refractivity contribution in [2.75, 3.05) is 13.1 Å². The predicted molar refractivity (Wildman–Crippen MR) is 61.5 cm³/mol. The average molecular weight is 244 g/mol. The molecule has 1 aliphatic heterocycles. The van der Waals surface area contributed by atoms with Gasteiger partial charge in [0.05, 0.1) is 12.6 Å². The van der Waals surface area contributed by atoms with Crippen LogP contribution in [0.4, 0.5) is 0 Å². The summed E-state index contributed by atoms with van der Waals surface area (Å²) in [6.45, 7) is 1.68. The smallest absolute Gasteiger partial charge is 0.337 e. The van der Waals surface area contributed by atoms with Crippen LogP contribution in [0.3, 0.4) is 0 Å². The molecule has 0 spiro atoms. The topological polar surface area (TPSA) is 98.7 Å². The number of carbonyl (C=O) groups is 2. The predicted octanol–water partition coefficient (Wildman–Crippen LogP) is -0.530. The van der Waals surface area contributed by atoms with E-state index >= 15 is 0 Å². The molecule has 1 amide bonds. The van der Waals surface area contributed by atoms with Crippen molar-refractivity contribution in [1.82, 2.24) is 10.6 Å². The first-order valence-electron chi connectivity index (χ1n) is 5.90. The second-order valence-electron chi connectivity index (χ2n) is 4.65. The highest BCUT2D eigenvalue weighted by Crippen LogP contribution is 2.09. The molecule has 1 fully saturated rings. The van der Waals surface area contributed by atoms with Gasteiger partial charge in [-0.3, -0.25) is 4.79 Å². The Morgan fingerprint density at radius 2 is 2.12 bits per heavy atom. The zero-order valence-electron chi connectivity index (χ0n) is 10.0. The number of carboxylic acids is 1. The summed E-state index contributed by atoms with van der Waals surface area (Å²) in [7, 11) is 0. The molecular formula is C11H20N2O4. The van der Waals surface area contributed by atoms with Gasteiger partial charge in [0.25, 0.3) is 0 Å². The molecule has 98 valence electrons. The monoisotopic (exact) mass is 244 g/mol. The van der Waals surface area contributed by atoms with Crippen molar-refractivity contribution in [2.24, 2.45) is 0 Å². The van der Waals surface area contributed by atoms with Crippen molar-refractivity contribution < 1.29 is 19.8 Å². The Balaban J connectivity index is 2.40. The minimum atomic E-state index is -1.92. The first-order valence-corrected chi connectivity index (χ1v) is 5.90. The maximum absolute atomic E-state index is 11.7. The summed E-state index contributed by atoms with van der Waals surface area (Å²) in [6, 6.07) is -0.276. The number of nitrogens with one attached hydrogen (secondary N) is 2. The van der Waals surface area contributed by atoms with Crippen LogP contribution in [-0.2, 0) is 9.59 Å². The van der Waals surface area contributed by atoms with Gasteiger partial charge in [-0.05, 0) is 26.3 Å². The van der Waals surface area contributed by atoms with E-state index in [4.69, 9.17) is 5.11 Å². The SMILES string of the molecule is CC(O)(CNC(=O)C1CCCCCN1)C(=O)O. The summed E-state index contributed by atoms with van der Waals surface area (Å²) >= 11 is 0. The molecule has 0 aromatic rings. The van der Waals surface area contributed by atoms with Crippen molar-refractivity contribution >= 4 is 11.9 Å². The number of hydrogen-bond acceptors (Lipinski definition) is 4. The molecule has 6 heteroatoms. The number of hydrogen-bond donors (Lipinski definition) is 4. The van der Waals surface area contributed by atoms with Gasteiger partial charge in [0, 0.05) is 0 Å². The summed E-state index contributed by atoms with van der Waals surface area (Å²) in [5, 5.41) is 23.7. The van der Waals surface area contributed by atoms with E-state index in [2.05, 4.69) is 10.6 Å². The van der Waals surface area contributed by atoms with Gasteiger partial charge in [0.15, 0.2) is 5.60 Å². The van der Waals surface area contributed by atoms with E-state index in [1.54, 1.807) is 0 Å². The van der Waals surface area contributed by atoms with Crippen molar-refractivity contribution in [3.8, 4) is 0 Å². The Morgan fingerprint density at radius 1 is 1.41 bits per heavy atom. The lowest BCUT2D eigenvalue weighted by Gasteiger charge is -2.21. The Labute approximate surface area is 100 Å². The zero-order chi connectivity index (χ0) is 12.9. The highest BCUT2D eigenvalue weighted by molar-refractivity contribution is 5.83. The van der Waals surface area contributed by atoms with E-state index in [0.29, 0.717) is 0 Å². The number of aliphatic carboxylic acids is 1. The van der Waals surface area contributed by atoms with Crippen molar-refractivity contribution in [1.29, 1.82) is 0 Å². The number of rotatable bonds is 4. The number of aliphatic hydroxyl groups is 1. The molecule has 6 nitrogen and oxygen atoms in total. The third-order valence-electron chi connectivity index (χ3n) is 2.94. The molecule has 4 N–H and O–H groups in total. The van der Waals surface area contributed by atoms with Crippen molar-refractivity contribution in [2.45, 2.75) is 44.2 Å². The molecule has 2 atom stereocenters. The van der Waals surface area contributed by atoms with Gasteiger partial charge >= 0.3 is 5.97 Å². The van der Waals surface area contributed by atoms with E-state index in [9.17, 15) is 14.7 Å². The van der Waals surface area contributed by atoms with Crippen molar-refractivity contribution in [3.63, 3.8) is 0 Å². The summed E-state index contributed by atoms with van der Waals surface area (Å²) in [4.78, 5) is 22.4. The molecule has 1 aliphatic rings. The molecule has 2 unspecified atom stereocenters. The highest BCUT2D eigenvalue weighted by atomic mass is 16.4. The van der Waals surface area contributed by atoms with Crippen LogP contribution in [0.1, 0.15) is 32.6 Å². The second-order valence-corrected chi connectivity index (χ2v) is 4.65. The first kappa shape index (κ1) is 13.9. The maximum atomic E-state index is 11.7. The third kappa shape index (κ3) is 4.32. The van der Waals surface area contributed by atoms with E-state index in [1.807, 2.05) is 0 Å². The standard InChI is InChI=1S/C11H20N2O4/c1-11(17,10(15)16)7-13-9(14)8-5-3-2-4-6-12-8/h8,12,17H,2-7H2,1H3,(H,13,14)(H,15,16). The second kappa shape index (κ2) is 5.97. The quantitative estimate of drug-likeness (QED) is 0.533. The lowest BCUT2D eigenvalue weighted by molar-refractivity contribution is -0.156. The lowest BCUT2D eigenvalue weighted by Crippen LogP contribution is -2.51. The van der Waals surface area contributed by atoms with Gasteiger partial charge in [-0.2, -0.15) is 0 Å². The maximum Gasteiger partial charge on any atom is 0.337 e. The minimum Gasteiger partial charge on any atom is -0.479 e. The van der Waals surface area contributed by atoms with Crippen LogP contribution in [0.5, 0.6) is 0 Å². The Hall–Kier alpha value is -1.14. The fraction of sp³-hybridized carbons (Fsp3) is 0.818. The molecule has 1 rings (SSSR count). The molecule has 0 aliphatic carbocycles. The first-order chi connectivity index (χ1) is 7.93. The van der Waals surface area contributed by atoms with Gasteiger partial charge in [-0.1, -0.05) is 12.8 Å². The van der Waals surface area contributed by atoms with E-state index in [-0.39, 0.29) is 18.5 Å². The van der Waals surface area contributed by atoms with Crippen LogP contribution in [-0.4, -0.2) is 46.8 Å². The lowest BCUT2D eigenvalue weighted by atomic mass is 10.1. The molecule has 1 heterocycles. The van der Waals surface area contributed by atoms with E-state index in [1.165, 1.54) is 0 Å². The minimum absolute atomic E-state index is 0.242. The molecule has 0 radical (unpaired) electrons. The molecule has 0 aromatic heterocycles. The largest absolute Gasteiger partial charge is 0.479 e. The Kier molecular flexibility index (Phi) is 4.89. The molecule has 0 aromatic carbocycles. The van der Waals surface area contributed by atoms with E-state index in [0.717, 1.165) is 39.2 Å². The van der Waals surface area contributed by atoms with Crippen LogP contribution in [0.25, 0.3) is 0 Å². The third-order valence-corrected chi connectivity index (χ3v) is 2.94. The highest BCUT2D eigenvalue weighted by Gasteiger charge is 2.31. The molecular weight excluding hydrogens is 224 g/mol. The van der Waals surface area contributed by atoms with Crippen LogP contribution >= 0.6 is 0 Å². The van der Waals surface area contributed by atoms with Gasteiger partial charge in [-0.25, -0.2) is 4.79 Å². The fourth-order valence-corrected chi connectivity index (χ4v) is 1.71. The van der Waals surface area contributed by atoms with Crippen LogP contribution in [0.2, 0.25) is 0 Å². The summed E-state index contributed by atoms with van der Waals surface area (Å²) in [5.74, 6) is -1.58. The van der Waals surface area contributed by atoms with Gasteiger partial charge in [-0.15, -0.1) is 0 Å². The molecule has 0 saturated carbocycles. The summed E-state index contributed by atoms with van der Waals surface area (Å²) < 4.78 is 0. The Bertz CT molecular complexity index is 283. The summed E-state index contributed by atoms with van der Waals surface area (Å²) in [5.41, 5.74) is -1.92. The summed E-state index contributed by atoms with van der Waals surface area (Å²) in [6.07, 6.45) is 3.89. The van der Waals surface area contributed by atoms with Crippen LogP contribution < -0.4 is 10.6 Å². The fourth-order valence-electron chi connectivity index (χ4n) is 1.71. The molecule has 17 heavy (non-hydrogen) atoms. The number of carboxylic acid groups (broad SMARTS) is 1. The van der Waals surface area contributed by atoms with Gasteiger partial charge < -0.3 is 20.8 Å². The normalized spacial score (nSPS) is 24.5. The van der Waals surface area contributed by atoms with Crippen LogP contribution in [0.15, 0.2) is 0 Å². The van der Waals surface area contributed by atoms with E-state index < -0.39 is 11.6 Å². The van der Waals surface area contributed by atoms with Gasteiger partial charge in [0.1, 0.15) is 0 Å². The molecule has 1 saturated heterocycles. The Morgan fingerprint density at radius 3 is 2.76 bits per heavy atom. The molecule has 0 bridgehead atoms. The van der Waals surface area contributed by atoms with Crippen LogP contribution in [0, 0.1) is 0 Å². The number of carbonyl (C=O) groups excluding carboxylic acids is 1. The average Bonchev–Trinajstić information content (AvgIpc) is 2.54.